The van der Waals surface area contributed by atoms with E-state index in [1.54, 1.807) is 0 Å². The zero-order chi connectivity index (χ0) is 7.03. The Morgan fingerprint density at radius 1 is 1.45 bits per heavy atom. The second-order valence-electron chi connectivity index (χ2n) is 3.57. The summed E-state index contributed by atoms with van der Waals surface area (Å²) in [6.45, 7) is 1.78. The van der Waals surface area contributed by atoms with Crippen molar-refractivity contribution in [2.45, 2.75) is 31.8 Å². The van der Waals surface area contributed by atoms with Gasteiger partial charge in [-0.15, -0.1) is 12.4 Å². The number of nitrogens with two attached hydrogens (primary N) is 1. The first-order valence-corrected chi connectivity index (χ1v) is 4.19. The maximum absolute atomic E-state index is 5.73. The van der Waals surface area contributed by atoms with E-state index in [4.69, 9.17) is 10.5 Å². The number of ether oxygens (including phenoxy) is 1. The van der Waals surface area contributed by atoms with E-state index in [0.717, 1.165) is 13.2 Å². The van der Waals surface area contributed by atoms with Crippen LogP contribution >= 0.6 is 12.4 Å². The average molecular weight is 178 g/mol. The highest BCUT2D eigenvalue weighted by molar-refractivity contribution is 5.85. The Hall–Kier alpha value is 0.210. The molecule has 2 atom stereocenters. The molecule has 0 aromatic carbocycles. The standard InChI is InChI=1S/C8H15NO.ClH/c9-6-8-3-1-2-7(8)10-5-4-8;/h7H,1-6,9H2;1H/t7-,8-;/m1./s1. The summed E-state index contributed by atoms with van der Waals surface area (Å²) in [5.41, 5.74) is 6.13. The van der Waals surface area contributed by atoms with Crippen molar-refractivity contribution in [1.82, 2.24) is 0 Å². The molecule has 0 spiro atoms. The summed E-state index contributed by atoms with van der Waals surface area (Å²) in [5, 5.41) is 0. The van der Waals surface area contributed by atoms with Gasteiger partial charge in [0.25, 0.3) is 0 Å². The minimum Gasteiger partial charge on any atom is -0.378 e. The number of halogens is 1. The van der Waals surface area contributed by atoms with Gasteiger partial charge in [0.2, 0.25) is 0 Å². The van der Waals surface area contributed by atoms with Gasteiger partial charge in [-0.1, -0.05) is 6.42 Å². The van der Waals surface area contributed by atoms with Crippen molar-refractivity contribution >= 4 is 12.4 Å². The molecule has 0 aromatic rings. The summed E-state index contributed by atoms with van der Waals surface area (Å²) in [4.78, 5) is 0. The molecule has 0 unspecified atom stereocenters. The van der Waals surface area contributed by atoms with E-state index in [1.807, 2.05) is 0 Å². The van der Waals surface area contributed by atoms with Crippen LogP contribution in [0.2, 0.25) is 0 Å². The molecule has 1 saturated carbocycles. The normalized spacial score (nSPS) is 41.7. The number of fused-ring (bicyclic) bond motifs is 1. The fourth-order valence-corrected chi connectivity index (χ4v) is 2.39. The van der Waals surface area contributed by atoms with Gasteiger partial charge < -0.3 is 10.5 Å². The minimum atomic E-state index is 0. The van der Waals surface area contributed by atoms with E-state index in [2.05, 4.69) is 0 Å². The Morgan fingerprint density at radius 3 is 2.91 bits per heavy atom. The van der Waals surface area contributed by atoms with Gasteiger partial charge >= 0.3 is 0 Å². The van der Waals surface area contributed by atoms with Crippen LogP contribution in [0.5, 0.6) is 0 Å². The molecular formula is C8H16ClNO. The third kappa shape index (κ3) is 1.28. The van der Waals surface area contributed by atoms with Crippen LogP contribution in [0.25, 0.3) is 0 Å². The molecule has 1 aliphatic heterocycles. The molecule has 0 bridgehead atoms. The molecular weight excluding hydrogens is 162 g/mol. The monoisotopic (exact) mass is 177 g/mol. The van der Waals surface area contributed by atoms with Gasteiger partial charge in [-0.2, -0.15) is 0 Å². The van der Waals surface area contributed by atoms with Crippen molar-refractivity contribution in [2.75, 3.05) is 13.2 Å². The van der Waals surface area contributed by atoms with E-state index < -0.39 is 0 Å². The molecule has 1 saturated heterocycles. The molecule has 2 aliphatic rings. The molecule has 2 N–H and O–H groups in total. The van der Waals surface area contributed by atoms with Crippen LogP contribution in [0.1, 0.15) is 25.7 Å². The van der Waals surface area contributed by atoms with Gasteiger partial charge in [-0.05, 0) is 19.3 Å². The van der Waals surface area contributed by atoms with Gasteiger partial charge in [0.05, 0.1) is 6.10 Å². The molecule has 11 heavy (non-hydrogen) atoms. The average Bonchev–Trinajstić information content (AvgIpc) is 2.42. The van der Waals surface area contributed by atoms with Crippen LogP contribution in [-0.4, -0.2) is 19.3 Å². The van der Waals surface area contributed by atoms with Gasteiger partial charge in [0, 0.05) is 18.6 Å². The fraction of sp³-hybridized carbons (Fsp3) is 1.00. The van der Waals surface area contributed by atoms with Crippen molar-refractivity contribution < 1.29 is 4.74 Å². The molecule has 0 amide bonds. The maximum Gasteiger partial charge on any atom is 0.0644 e. The lowest BCUT2D eigenvalue weighted by atomic mass is 9.83. The smallest absolute Gasteiger partial charge is 0.0644 e. The lowest BCUT2D eigenvalue weighted by Crippen LogP contribution is -2.33. The lowest BCUT2D eigenvalue weighted by Gasteiger charge is -2.24. The Labute approximate surface area is 73.9 Å². The number of rotatable bonds is 1. The Bertz CT molecular complexity index is 130. The molecule has 1 heterocycles. The molecule has 0 radical (unpaired) electrons. The number of hydrogen-bond donors (Lipinski definition) is 1. The van der Waals surface area contributed by atoms with Gasteiger partial charge in [0.1, 0.15) is 0 Å². The summed E-state index contributed by atoms with van der Waals surface area (Å²) in [6.07, 6.45) is 5.58. The van der Waals surface area contributed by atoms with Gasteiger partial charge in [0.15, 0.2) is 0 Å². The van der Waals surface area contributed by atoms with Crippen LogP contribution in [0.15, 0.2) is 0 Å². The largest absolute Gasteiger partial charge is 0.378 e. The van der Waals surface area contributed by atoms with Crippen molar-refractivity contribution in [3.05, 3.63) is 0 Å². The highest BCUT2D eigenvalue weighted by atomic mass is 35.5. The Balaban J connectivity index is 0.000000605. The second-order valence-corrected chi connectivity index (χ2v) is 3.57. The Morgan fingerprint density at radius 2 is 2.27 bits per heavy atom. The third-order valence-corrected chi connectivity index (χ3v) is 3.15. The van der Waals surface area contributed by atoms with E-state index in [0.29, 0.717) is 11.5 Å². The second kappa shape index (κ2) is 3.30. The van der Waals surface area contributed by atoms with Crippen molar-refractivity contribution in [3.8, 4) is 0 Å². The zero-order valence-corrected chi connectivity index (χ0v) is 7.53. The summed E-state index contributed by atoms with van der Waals surface area (Å²) in [5.74, 6) is 0. The summed E-state index contributed by atoms with van der Waals surface area (Å²) in [6, 6.07) is 0. The first kappa shape index (κ1) is 9.30. The molecule has 3 heteroatoms. The van der Waals surface area contributed by atoms with Crippen molar-refractivity contribution in [3.63, 3.8) is 0 Å². The highest BCUT2D eigenvalue weighted by Gasteiger charge is 2.46. The topological polar surface area (TPSA) is 35.2 Å². The molecule has 1 aliphatic carbocycles. The van der Waals surface area contributed by atoms with E-state index >= 15 is 0 Å². The van der Waals surface area contributed by atoms with Crippen LogP contribution in [-0.2, 0) is 4.74 Å². The van der Waals surface area contributed by atoms with Crippen LogP contribution in [0.3, 0.4) is 0 Å². The summed E-state index contributed by atoms with van der Waals surface area (Å²) < 4.78 is 5.59. The molecule has 2 rings (SSSR count). The highest BCUT2D eigenvalue weighted by Crippen LogP contribution is 2.46. The first-order chi connectivity index (χ1) is 4.87. The summed E-state index contributed by atoms with van der Waals surface area (Å²) >= 11 is 0. The zero-order valence-electron chi connectivity index (χ0n) is 6.71. The van der Waals surface area contributed by atoms with Crippen molar-refractivity contribution in [2.24, 2.45) is 11.1 Å². The SMILES string of the molecule is Cl.NC[C@]12CCC[C@H]1OCC2. The van der Waals surface area contributed by atoms with Gasteiger partial charge in [-0.3, -0.25) is 0 Å². The maximum atomic E-state index is 5.73. The van der Waals surface area contributed by atoms with Crippen molar-refractivity contribution in [1.29, 1.82) is 0 Å². The summed E-state index contributed by atoms with van der Waals surface area (Å²) in [7, 11) is 0. The first-order valence-electron chi connectivity index (χ1n) is 4.19. The van der Waals surface area contributed by atoms with Crippen LogP contribution < -0.4 is 5.73 Å². The molecule has 0 aromatic heterocycles. The third-order valence-electron chi connectivity index (χ3n) is 3.15. The Kier molecular flexibility index (Phi) is 2.79. The molecule has 2 nitrogen and oxygen atoms in total. The van der Waals surface area contributed by atoms with E-state index in [-0.39, 0.29) is 12.4 Å². The van der Waals surface area contributed by atoms with Crippen LogP contribution in [0.4, 0.5) is 0 Å². The quantitative estimate of drug-likeness (QED) is 0.656. The number of hydrogen-bond acceptors (Lipinski definition) is 2. The van der Waals surface area contributed by atoms with Crippen LogP contribution in [0, 0.1) is 5.41 Å². The van der Waals surface area contributed by atoms with E-state index in [9.17, 15) is 0 Å². The fourth-order valence-electron chi connectivity index (χ4n) is 2.39. The van der Waals surface area contributed by atoms with E-state index in [1.165, 1.54) is 25.7 Å². The minimum absolute atomic E-state index is 0. The molecule has 2 fully saturated rings. The predicted octanol–water partition coefficient (Wildman–Crippen LogP) is 1.33. The molecule has 66 valence electrons. The predicted molar refractivity (Wildman–Crippen MR) is 46.9 cm³/mol. The lowest BCUT2D eigenvalue weighted by molar-refractivity contribution is 0.0735. The van der Waals surface area contributed by atoms with Gasteiger partial charge in [-0.25, -0.2) is 0 Å².